The van der Waals surface area contributed by atoms with Crippen molar-refractivity contribution in [2.45, 2.75) is 51.3 Å². The Morgan fingerprint density at radius 1 is 0.838 bits per heavy atom. The van der Waals surface area contributed by atoms with Gasteiger partial charge in [0.2, 0.25) is 11.8 Å². The van der Waals surface area contributed by atoms with Gasteiger partial charge in [-0.15, -0.1) is 0 Å². The fourth-order valence-electron chi connectivity index (χ4n) is 3.51. The minimum absolute atomic E-state index is 0.0108. The summed E-state index contributed by atoms with van der Waals surface area (Å²) < 4.78 is 0. The van der Waals surface area contributed by atoms with Gasteiger partial charge in [0.1, 0.15) is 6.04 Å². The van der Waals surface area contributed by atoms with Gasteiger partial charge < -0.3 is 31.3 Å². The zero-order valence-corrected chi connectivity index (χ0v) is 20.5. The van der Waals surface area contributed by atoms with E-state index in [0.717, 1.165) is 0 Å². The predicted molar refractivity (Wildman–Crippen MR) is 134 cm³/mol. The summed E-state index contributed by atoms with van der Waals surface area (Å²) in [7, 11) is 0. The van der Waals surface area contributed by atoms with Crippen LogP contribution in [0.1, 0.15) is 42.6 Å². The van der Waals surface area contributed by atoms with Crippen LogP contribution in [0.2, 0.25) is 0 Å². The lowest BCUT2D eigenvalue weighted by atomic mass is 10.00. The summed E-state index contributed by atoms with van der Waals surface area (Å²) >= 11 is 0. The third kappa shape index (κ3) is 9.73. The number of aliphatic hydroxyl groups is 1. The highest BCUT2D eigenvalue weighted by atomic mass is 16.4. The van der Waals surface area contributed by atoms with Gasteiger partial charge in [0, 0.05) is 12.1 Å². The van der Waals surface area contributed by atoms with Gasteiger partial charge in [0.05, 0.1) is 18.0 Å². The maximum absolute atomic E-state index is 12.8. The Hall–Kier alpha value is -4.25. The van der Waals surface area contributed by atoms with E-state index in [2.05, 4.69) is 16.0 Å². The van der Waals surface area contributed by atoms with E-state index in [1.165, 1.54) is 24.3 Å². The Morgan fingerprint density at radius 3 is 2.08 bits per heavy atom. The van der Waals surface area contributed by atoms with Gasteiger partial charge in [-0.3, -0.25) is 14.4 Å². The monoisotopic (exact) mass is 513 g/mol. The lowest BCUT2D eigenvalue weighted by molar-refractivity contribution is -0.144. The molecule has 11 heteroatoms. The summed E-state index contributed by atoms with van der Waals surface area (Å²) in [6.07, 6.45) is -2.26. The minimum Gasteiger partial charge on any atom is -0.480 e. The number of benzene rings is 2. The zero-order chi connectivity index (χ0) is 27.5. The molecule has 11 nitrogen and oxygen atoms in total. The summed E-state index contributed by atoms with van der Waals surface area (Å²) in [4.78, 5) is 60.3. The molecule has 0 spiro atoms. The van der Waals surface area contributed by atoms with Crippen molar-refractivity contribution in [1.82, 2.24) is 10.6 Å². The van der Waals surface area contributed by atoms with Crippen LogP contribution in [0.5, 0.6) is 0 Å². The second kappa shape index (κ2) is 13.7. The number of aliphatic carboxylic acids is 1. The standard InChI is InChI=1S/C26H31N3O8/c1-15(2)11-21(30)29-20(26(36)37)14-22(31)28-19(12-16-7-4-3-5-8-16)23(32)24(33)27-18-10-6-9-17(13-18)25(34)35/h3-10,13,15,19-20,23,32H,11-12,14H2,1-2H3,(H,27,33)(H,28,31)(H,29,30)(H,34,35)(H,36,37)/t19-,20-,23+/m0/s1. The molecule has 37 heavy (non-hydrogen) atoms. The van der Waals surface area contributed by atoms with E-state index in [9.17, 15) is 34.2 Å². The number of carboxylic acid groups (broad SMARTS) is 2. The number of aromatic carboxylic acids is 1. The molecule has 0 saturated heterocycles. The Labute approximate surface area is 213 Å². The number of aliphatic hydroxyl groups excluding tert-OH is 1. The lowest BCUT2D eigenvalue weighted by Crippen LogP contribution is -2.52. The van der Waals surface area contributed by atoms with Crippen LogP contribution < -0.4 is 16.0 Å². The van der Waals surface area contributed by atoms with Crippen LogP contribution >= 0.6 is 0 Å². The van der Waals surface area contributed by atoms with Crippen molar-refractivity contribution in [1.29, 1.82) is 0 Å². The topological polar surface area (TPSA) is 182 Å². The summed E-state index contributed by atoms with van der Waals surface area (Å²) in [6, 6.07) is 11.5. The van der Waals surface area contributed by atoms with Gasteiger partial charge >= 0.3 is 11.9 Å². The number of rotatable bonds is 13. The van der Waals surface area contributed by atoms with Crippen molar-refractivity contribution in [2.24, 2.45) is 5.92 Å². The van der Waals surface area contributed by atoms with Crippen LogP contribution in [-0.4, -0.2) is 63.2 Å². The van der Waals surface area contributed by atoms with Crippen LogP contribution in [0.25, 0.3) is 0 Å². The number of amides is 3. The summed E-state index contributed by atoms with van der Waals surface area (Å²) in [5.41, 5.74) is 0.751. The summed E-state index contributed by atoms with van der Waals surface area (Å²) in [6.45, 7) is 3.58. The van der Waals surface area contributed by atoms with Crippen molar-refractivity contribution >= 4 is 35.3 Å². The number of anilines is 1. The highest BCUT2D eigenvalue weighted by Crippen LogP contribution is 2.14. The third-order valence-electron chi connectivity index (χ3n) is 5.29. The molecule has 0 heterocycles. The fraction of sp³-hybridized carbons (Fsp3) is 0.346. The third-order valence-corrected chi connectivity index (χ3v) is 5.29. The first-order chi connectivity index (χ1) is 17.5. The number of carboxylic acids is 2. The first kappa shape index (κ1) is 29.0. The van der Waals surface area contributed by atoms with Gasteiger partial charge in [-0.25, -0.2) is 9.59 Å². The van der Waals surface area contributed by atoms with Gasteiger partial charge in [-0.2, -0.15) is 0 Å². The predicted octanol–water partition coefficient (Wildman–Crippen LogP) is 1.42. The molecule has 3 amide bonds. The first-order valence-electron chi connectivity index (χ1n) is 11.6. The van der Waals surface area contributed by atoms with Crippen molar-refractivity contribution in [3.8, 4) is 0 Å². The van der Waals surface area contributed by atoms with Crippen LogP contribution in [-0.2, 0) is 25.6 Å². The summed E-state index contributed by atoms with van der Waals surface area (Å²) in [5.74, 6) is -4.81. The van der Waals surface area contributed by atoms with Crippen molar-refractivity contribution in [3.05, 3.63) is 65.7 Å². The average molecular weight is 514 g/mol. The van der Waals surface area contributed by atoms with E-state index in [1.54, 1.807) is 44.2 Å². The molecule has 0 unspecified atom stereocenters. The Bertz CT molecular complexity index is 1120. The molecule has 3 atom stereocenters. The molecule has 0 fully saturated rings. The van der Waals surface area contributed by atoms with Crippen LogP contribution in [0, 0.1) is 5.92 Å². The lowest BCUT2D eigenvalue weighted by Gasteiger charge is -2.25. The van der Waals surface area contributed by atoms with Crippen molar-refractivity contribution in [2.75, 3.05) is 5.32 Å². The Balaban J connectivity index is 2.16. The van der Waals surface area contributed by atoms with E-state index >= 15 is 0 Å². The van der Waals surface area contributed by atoms with Crippen molar-refractivity contribution in [3.63, 3.8) is 0 Å². The largest absolute Gasteiger partial charge is 0.480 e. The first-order valence-corrected chi connectivity index (χ1v) is 11.6. The Kier molecular flexibility index (Phi) is 10.8. The van der Waals surface area contributed by atoms with E-state index in [-0.39, 0.29) is 30.0 Å². The second-order valence-electron chi connectivity index (χ2n) is 8.94. The van der Waals surface area contributed by atoms with E-state index in [1.807, 2.05) is 0 Å². The molecule has 0 aliphatic rings. The molecule has 0 aliphatic carbocycles. The molecular formula is C26H31N3O8. The highest BCUT2D eigenvalue weighted by Gasteiger charge is 2.30. The minimum atomic E-state index is -1.77. The van der Waals surface area contributed by atoms with Gasteiger partial charge in [0.15, 0.2) is 6.10 Å². The van der Waals surface area contributed by atoms with Crippen LogP contribution in [0.3, 0.4) is 0 Å². The smallest absolute Gasteiger partial charge is 0.335 e. The number of hydrogen-bond acceptors (Lipinski definition) is 6. The molecule has 198 valence electrons. The average Bonchev–Trinajstić information content (AvgIpc) is 2.83. The number of hydrogen-bond donors (Lipinski definition) is 6. The Morgan fingerprint density at radius 2 is 1.49 bits per heavy atom. The molecule has 0 bridgehead atoms. The van der Waals surface area contributed by atoms with Crippen LogP contribution in [0.4, 0.5) is 5.69 Å². The number of carbonyl (C=O) groups is 5. The zero-order valence-electron chi connectivity index (χ0n) is 20.5. The maximum atomic E-state index is 12.8. The molecule has 6 N–H and O–H groups in total. The molecule has 0 aliphatic heterocycles. The molecule has 0 radical (unpaired) electrons. The van der Waals surface area contributed by atoms with E-state index in [0.29, 0.717) is 5.56 Å². The second-order valence-corrected chi connectivity index (χ2v) is 8.94. The van der Waals surface area contributed by atoms with E-state index < -0.39 is 54.3 Å². The quantitative estimate of drug-likeness (QED) is 0.232. The van der Waals surface area contributed by atoms with Crippen LogP contribution in [0.15, 0.2) is 54.6 Å². The molecule has 2 aromatic rings. The van der Waals surface area contributed by atoms with Crippen molar-refractivity contribution < 1.29 is 39.3 Å². The van der Waals surface area contributed by atoms with Gasteiger partial charge in [0.25, 0.3) is 5.91 Å². The maximum Gasteiger partial charge on any atom is 0.335 e. The highest BCUT2D eigenvalue weighted by molar-refractivity contribution is 5.97. The normalized spacial score (nSPS) is 13.2. The molecule has 0 saturated carbocycles. The molecule has 2 rings (SSSR count). The SMILES string of the molecule is CC(C)CC(=O)N[C@@H](CC(=O)N[C@@H](Cc1ccccc1)[C@@H](O)C(=O)Nc1cccc(C(=O)O)c1)C(=O)O. The van der Waals surface area contributed by atoms with Gasteiger partial charge in [-0.1, -0.05) is 50.2 Å². The van der Waals surface area contributed by atoms with Gasteiger partial charge in [-0.05, 0) is 36.1 Å². The summed E-state index contributed by atoms with van der Waals surface area (Å²) in [5, 5.41) is 36.6. The molecular weight excluding hydrogens is 482 g/mol. The number of nitrogens with one attached hydrogen (secondary N) is 3. The molecule has 2 aromatic carbocycles. The number of carbonyl (C=O) groups excluding carboxylic acids is 3. The fourth-order valence-corrected chi connectivity index (χ4v) is 3.51. The molecule has 0 aromatic heterocycles. The van der Waals surface area contributed by atoms with E-state index in [4.69, 9.17) is 5.11 Å².